The van der Waals surface area contributed by atoms with Gasteiger partial charge in [0.05, 0.1) is 0 Å². The van der Waals surface area contributed by atoms with Gasteiger partial charge in [-0.15, -0.1) is 0 Å². The summed E-state index contributed by atoms with van der Waals surface area (Å²) in [5.41, 5.74) is 0.919. The van der Waals surface area contributed by atoms with Crippen LogP contribution in [0.25, 0.3) is 11.4 Å². The molecule has 1 aromatic heterocycles. The molecule has 0 aliphatic carbocycles. The van der Waals surface area contributed by atoms with E-state index in [0.717, 1.165) is 5.56 Å². The van der Waals surface area contributed by atoms with Crippen molar-refractivity contribution in [2.24, 2.45) is 0 Å². The van der Waals surface area contributed by atoms with E-state index in [-0.39, 0.29) is 5.91 Å². The maximum Gasteiger partial charge on any atom is 0.228 e. The summed E-state index contributed by atoms with van der Waals surface area (Å²) >= 11 is 0. The minimum absolute atomic E-state index is 0.0622. The second kappa shape index (κ2) is 5.25. The van der Waals surface area contributed by atoms with E-state index in [2.05, 4.69) is 15.5 Å². The van der Waals surface area contributed by atoms with Crippen molar-refractivity contribution in [2.75, 3.05) is 6.54 Å². The minimum Gasteiger partial charge on any atom is -0.356 e. The third-order valence-electron chi connectivity index (χ3n) is 2.21. The maximum atomic E-state index is 10.7. The van der Waals surface area contributed by atoms with Crippen molar-refractivity contribution >= 4 is 5.91 Å². The van der Waals surface area contributed by atoms with Crippen LogP contribution in [-0.4, -0.2) is 22.6 Å². The van der Waals surface area contributed by atoms with Crippen molar-refractivity contribution in [1.82, 2.24) is 15.5 Å². The van der Waals surface area contributed by atoms with Crippen molar-refractivity contribution in [3.8, 4) is 11.4 Å². The van der Waals surface area contributed by atoms with Crippen LogP contribution in [0.4, 0.5) is 0 Å². The first-order valence-electron chi connectivity index (χ1n) is 5.38. The van der Waals surface area contributed by atoms with Crippen LogP contribution in [-0.2, 0) is 11.2 Å². The van der Waals surface area contributed by atoms with Gasteiger partial charge in [0.2, 0.25) is 17.6 Å². The molecule has 1 aromatic carbocycles. The number of hydrogen-bond acceptors (Lipinski definition) is 4. The van der Waals surface area contributed by atoms with E-state index in [0.29, 0.717) is 24.7 Å². The molecule has 1 N–H and O–H groups in total. The third-order valence-corrected chi connectivity index (χ3v) is 2.21. The predicted octanol–water partition coefficient (Wildman–Crippen LogP) is 1.42. The normalized spacial score (nSPS) is 10.2. The van der Waals surface area contributed by atoms with Gasteiger partial charge < -0.3 is 9.84 Å². The highest BCUT2D eigenvalue weighted by Crippen LogP contribution is 2.14. The van der Waals surface area contributed by atoms with Gasteiger partial charge in [0, 0.05) is 25.5 Å². The molecule has 0 spiro atoms. The lowest BCUT2D eigenvalue weighted by atomic mass is 10.2. The molecule has 0 saturated carbocycles. The SMILES string of the molecule is CC(=O)NCCc1nc(-c2ccccc2)no1. The number of aromatic nitrogens is 2. The molecule has 0 unspecified atom stereocenters. The Balaban J connectivity index is 1.99. The van der Waals surface area contributed by atoms with Gasteiger partial charge >= 0.3 is 0 Å². The van der Waals surface area contributed by atoms with E-state index in [1.165, 1.54) is 6.92 Å². The average Bonchev–Trinajstić information content (AvgIpc) is 2.78. The van der Waals surface area contributed by atoms with E-state index in [1.807, 2.05) is 30.3 Å². The number of carbonyl (C=O) groups excluding carboxylic acids is 1. The number of rotatable bonds is 4. The Morgan fingerprint density at radius 1 is 1.35 bits per heavy atom. The molecule has 5 nitrogen and oxygen atoms in total. The highest BCUT2D eigenvalue weighted by Gasteiger charge is 2.07. The molecule has 17 heavy (non-hydrogen) atoms. The molecular formula is C12H13N3O2. The van der Waals surface area contributed by atoms with Gasteiger partial charge in [0.1, 0.15) is 0 Å². The van der Waals surface area contributed by atoms with Gasteiger partial charge in [-0.1, -0.05) is 35.5 Å². The Morgan fingerprint density at radius 3 is 2.82 bits per heavy atom. The Morgan fingerprint density at radius 2 is 2.12 bits per heavy atom. The van der Waals surface area contributed by atoms with Crippen LogP contribution < -0.4 is 5.32 Å². The highest BCUT2D eigenvalue weighted by atomic mass is 16.5. The molecule has 2 rings (SSSR count). The molecule has 0 radical (unpaired) electrons. The Bertz CT molecular complexity index is 493. The lowest BCUT2D eigenvalue weighted by molar-refractivity contribution is -0.118. The number of amides is 1. The van der Waals surface area contributed by atoms with Crippen LogP contribution in [0.1, 0.15) is 12.8 Å². The van der Waals surface area contributed by atoms with Crippen LogP contribution in [0, 0.1) is 0 Å². The maximum absolute atomic E-state index is 10.7. The molecule has 0 aliphatic rings. The summed E-state index contributed by atoms with van der Waals surface area (Å²) in [4.78, 5) is 14.9. The summed E-state index contributed by atoms with van der Waals surface area (Å²) in [5, 5.41) is 6.56. The van der Waals surface area contributed by atoms with Crippen molar-refractivity contribution in [3.05, 3.63) is 36.2 Å². The standard InChI is InChI=1S/C12H13N3O2/c1-9(16)13-8-7-11-14-12(15-17-11)10-5-3-2-4-6-10/h2-6H,7-8H2,1H3,(H,13,16). The highest BCUT2D eigenvalue weighted by molar-refractivity contribution is 5.72. The molecule has 0 saturated heterocycles. The number of nitrogens with one attached hydrogen (secondary N) is 1. The van der Waals surface area contributed by atoms with Gasteiger partial charge in [0.25, 0.3) is 0 Å². The van der Waals surface area contributed by atoms with Crippen LogP contribution in [0.5, 0.6) is 0 Å². The quantitative estimate of drug-likeness (QED) is 0.864. The summed E-state index contributed by atoms with van der Waals surface area (Å²) < 4.78 is 5.09. The second-order valence-electron chi connectivity index (χ2n) is 3.61. The van der Waals surface area contributed by atoms with Crippen LogP contribution in [0.3, 0.4) is 0 Å². The predicted molar refractivity (Wildman–Crippen MR) is 62.1 cm³/mol. The smallest absolute Gasteiger partial charge is 0.228 e. The van der Waals surface area contributed by atoms with Crippen molar-refractivity contribution in [1.29, 1.82) is 0 Å². The summed E-state index contributed by atoms with van der Waals surface area (Å²) in [6.07, 6.45) is 0.541. The summed E-state index contributed by atoms with van der Waals surface area (Å²) in [6.45, 7) is 1.98. The largest absolute Gasteiger partial charge is 0.356 e. The number of nitrogens with zero attached hydrogens (tertiary/aromatic N) is 2. The van der Waals surface area contributed by atoms with E-state index < -0.39 is 0 Å². The summed E-state index contributed by atoms with van der Waals surface area (Å²) in [5.74, 6) is 1.04. The van der Waals surface area contributed by atoms with E-state index in [1.54, 1.807) is 0 Å². The lowest BCUT2D eigenvalue weighted by Crippen LogP contribution is -2.22. The third kappa shape index (κ3) is 3.14. The van der Waals surface area contributed by atoms with Gasteiger partial charge in [-0.3, -0.25) is 4.79 Å². The molecule has 0 bridgehead atoms. The fourth-order valence-corrected chi connectivity index (χ4v) is 1.41. The first-order valence-corrected chi connectivity index (χ1v) is 5.38. The van der Waals surface area contributed by atoms with Gasteiger partial charge in [0.15, 0.2) is 0 Å². The fourth-order valence-electron chi connectivity index (χ4n) is 1.41. The first kappa shape index (κ1) is 11.3. The number of benzene rings is 1. The number of hydrogen-bond donors (Lipinski definition) is 1. The van der Waals surface area contributed by atoms with Gasteiger partial charge in [-0.25, -0.2) is 0 Å². The van der Waals surface area contributed by atoms with Crippen molar-refractivity contribution in [2.45, 2.75) is 13.3 Å². The van der Waals surface area contributed by atoms with E-state index in [9.17, 15) is 4.79 Å². The molecule has 2 aromatic rings. The van der Waals surface area contributed by atoms with Gasteiger partial charge in [-0.05, 0) is 0 Å². The van der Waals surface area contributed by atoms with Crippen molar-refractivity contribution < 1.29 is 9.32 Å². The molecule has 1 heterocycles. The zero-order valence-electron chi connectivity index (χ0n) is 9.51. The molecule has 0 fully saturated rings. The molecule has 88 valence electrons. The Hall–Kier alpha value is -2.17. The molecule has 1 amide bonds. The Labute approximate surface area is 98.8 Å². The molecule has 0 aliphatic heterocycles. The topological polar surface area (TPSA) is 68.0 Å². The fraction of sp³-hybridized carbons (Fsp3) is 0.250. The van der Waals surface area contributed by atoms with E-state index in [4.69, 9.17) is 4.52 Å². The second-order valence-corrected chi connectivity index (χ2v) is 3.61. The molecule has 0 atom stereocenters. The van der Waals surface area contributed by atoms with E-state index >= 15 is 0 Å². The zero-order chi connectivity index (χ0) is 12.1. The van der Waals surface area contributed by atoms with Gasteiger partial charge in [-0.2, -0.15) is 4.98 Å². The first-order chi connectivity index (χ1) is 8.25. The average molecular weight is 231 g/mol. The number of carbonyl (C=O) groups is 1. The minimum atomic E-state index is -0.0622. The van der Waals surface area contributed by atoms with Crippen LogP contribution in [0.2, 0.25) is 0 Å². The zero-order valence-corrected chi connectivity index (χ0v) is 9.51. The summed E-state index contributed by atoms with van der Waals surface area (Å²) in [6, 6.07) is 9.61. The summed E-state index contributed by atoms with van der Waals surface area (Å²) in [7, 11) is 0. The monoisotopic (exact) mass is 231 g/mol. The Kier molecular flexibility index (Phi) is 3.49. The van der Waals surface area contributed by atoms with Crippen molar-refractivity contribution in [3.63, 3.8) is 0 Å². The van der Waals surface area contributed by atoms with Crippen LogP contribution in [0.15, 0.2) is 34.9 Å². The van der Waals surface area contributed by atoms with Crippen LogP contribution >= 0.6 is 0 Å². The lowest BCUT2D eigenvalue weighted by Gasteiger charge is -1.96. The molecular weight excluding hydrogens is 218 g/mol. The molecule has 5 heteroatoms.